The molecule has 2 heterocycles. The van der Waals surface area contributed by atoms with Crippen molar-refractivity contribution in [1.29, 1.82) is 0 Å². The van der Waals surface area contributed by atoms with Crippen molar-refractivity contribution in [2.75, 3.05) is 20.3 Å². The Balaban J connectivity index is 1.58. The highest BCUT2D eigenvalue weighted by Gasteiger charge is 2.30. The lowest BCUT2D eigenvalue weighted by Gasteiger charge is -2.24. The summed E-state index contributed by atoms with van der Waals surface area (Å²) < 4.78 is 10.2. The number of hydrogen-bond donors (Lipinski definition) is 0. The van der Waals surface area contributed by atoms with Crippen LogP contribution in [0.5, 0.6) is 5.75 Å². The van der Waals surface area contributed by atoms with Gasteiger partial charge in [0.15, 0.2) is 6.61 Å². The summed E-state index contributed by atoms with van der Waals surface area (Å²) in [5.74, 6) is 0.152. The smallest absolute Gasteiger partial charge is 0.337 e. The van der Waals surface area contributed by atoms with Crippen molar-refractivity contribution in [3.63, 3.8) is 0 Å². The number of hydrogen-bond acceptors (Lipinski definition) is 5. The highest BCUT2D eigenvalue weighted by Crippen LogP contribution is 2.34. The summed E-state index contributed by atoms with van der Waals surface area (Å²) in [7, 11) is 1.34. The largest absolute Gasteiger partial charge is 0.484 e. The van der Waals surface area contributed by atoms with Crippen molar-refractivity contribution in [3.05, 3.63) is 52.2 Å². The fraction of sp³-hybridized carbons (Fsp3) is 0.333. The van der Waals surface area contributed by atoms with Crippen molar-refractivity contribution in [2.45, 2.75) is 18.9 Å². The fourth-order valence-electron chi connectivity index (χ4n) is 2.87. The minimum Gasteiger partial charge on any atom is -0.484 e. The quantitative estimate of drug-likeness (QED) is 0.781. The first-order chi connectivity index (χ1) is 11.7. The molecule has 1 unspecified atom stereocenters. The average molecular weight is 345 g/mol. The Morgan fingerprint density at radius 1 is 1.25 bits per heavy atom. The second kappa shape index (κ2) is 7.49. The summed E-state index contributed by atoms with van der Waals surface area (Å²) >= 11 is 1.68. The van der Waals surface area contributed by atoms with E-state index in [4.69, 9.17) is 4.74 Å². The molecule has 126 valence electrons. The number of nitrogens with zero attached hydrogens (tertiary/aromatic N) is 1. The maximum absolute atomic E-state index is 12.5. The molecule has 1 aromatic carbocycles. The number of esters is 1. The van der Waals surface area contributed by atoms with Crippen LogP contribution >= 0.6 is 11.3 Å². The number of amides is 1. The van der Waals surface area contributed by atoms with Gasteiger partial charge < -0.3 is 14.4 Å². The van der Waals surface area contributed by atoms with Crippen LogP contribution in [-0.2, 0) is 9.53 Å². The van der Waals surface area contributed by atoms with Crippen molar-refractivity contribution < 1.29 is 19.1 Å². The van der Waals surface area contributed by atoms with Crippen LogP contribution in [0, 0.1) is 0 Å². The molecule has 1 fully saturated rings. The zero-order valence-corrected chi connectivity index (χ0v) is 14.3. The monoisotopic (exact) mass is 345 g/mol. The van der Waals surface area contributed by atoms with Gasteiger partial charge in [-0.2, -0.15) is 0 Å². The third-order valence-corrected chi connectivity index (χ3v) is 5.06. The number of likely N-dealkylation sites (tertiary alicyclic amines) is 1. The Kier molecular flexibility index (Phi) is 5.15. The van der Waals surface area contributed by atoms with Gasteiger partial charge in [-0.3, -0.25) is 4.79 Å². The third-order valence-electron chi connectivity index (χ3n) is 4.08. The third kappa shape index (κ3) is 3.59. The molecule has 0 aliphatic carbocycles. The Hall–Kier alpha value is -2.34. The molecule has 1 amide bonds. The average Bonchev–Trinajstić information content (AvgIpc) is 3.30. The van der Waals surface area contributed by atoms with Crippen LogP contribution in [0.2, 0.25) is 0 Å². The van der Waals surface area contributed by atoms with Gasteiger partial charge in [0.2, 0.25) is 0 Å². The molecule has 0 N–H and O–H groups in total. The Morgan fingerprint density at radius 2 is 2.04 bits per heavy atom. The molecule has 3 rings (SSSR count). The van der Waals surface area contributed by atoms with Crippen molar-refractivity contribution in [3.8, 4) is 5.75 Å². The summed E-state index contributed by atoms with van der Waals surface area (Å²) in [5.41, 5.74) is 0.452. The van der Waals surface area contributed by atoms with Gasteiger partial charge in [-0.1, -0.05) is 6.07 Å². The van der Waals surface area contributed by atoms with E-state index in [1.807, 2.05) is 16.3 Å². The predicted octanol–water partition coefficient (Wildman–Crippen LogP) is 3.28. The van der Waals surface area contributed by atoms with Gasteiger partial charge in [0.25, 0.3) is 5.91 Å². The first kappa shape index (κ1) is 16.5. The maximum Gasteiger partial charge on any atom is 0.337 e. The molecule has 0 bridgehead atoms. The highest BCUT2D eigenvalue weighted by atomic mass is 32.1. The number of carbonyl (C=O) groups is 2. The zero-order chi connectivity index (χ0) is 16.9. The van der Waals surface area contributed by atoms with Crippen LogP contribution in [-0.4, -0.2) is 37.0 Å². The minimum absolute atomic E-state index is 0.000549. The SMILES string of the molecule is COC(=O)c1ccc(OCC(=O)N2CCCC2c2cccs2)cc1. The fourth-order valence-corrected chi connectivity index (χ4v) is 3.75. The molecule has 0 radical (unpaired) electrons. The van der Waals surface area contributed by atoms with E-state index in [2.05, 4.69) is 10.8 Å². The number of carbonyl (C=O) groups excluding carboxylic acids is 2. The normalized spacial score (nSPS) is 16.9. The molecule has 5 nitrogen and oxygen atoms in total. The van der Waals surface area contributed by atoms with E-state index in [9.17, 15) is 9.59 Å². The highest BCUT2D eigenvalue weighted by molar-refractivity contribution is 7.10. The predicted molar refractivity (Wildman–Crippen MR) is 91.3 cm³/mol. The van der Waals surface area contributed by atoms with Gasteiger partial charge in [0.05, 0.1) is 18.7 Å². The first-order valence-corrected chi connectivity index (χ1v) is 8.71. The maximum atomic E-state index is 12.5. The molecule has 1 aliphatic rings. The Morgan fingerprint density at radius 3 is 2.71 bits per heavy atom. The first-order valence-electron chi connectivity index (χ1n) is 7.83. The van der Waals surface area contributed by atoms with Crippen LogP contribution in [0.3, 0.4) is 0 Å². The minimum atomic E-state index is -0.395. The molecule has 1 atom stereocenters. The Labute approximate surface area is 144 Å². The van der Waals surface area contributed by atoms with Crippen molar-refractivity contribution in [1.82, 2.24) is 4.90 Å². The van der Waals surface area contributed by atoms with Crippen LogP contribution in [0.15, 0.2) is 41.8 Å². The van der Waals surface area contributed by atoms with Gasteiger partial charge in [-0.25, -0.2) is 4.79 Å². The van der Waals surface area contributed by atoms with E-state index < -0.39 is 5.97 Å². The summed E-state index contributed by atoms with van der Waals surface area (Å²) in [6.07, 6.45) is 2.02. The lowest BCUT2D eigenvalue weighted by Crippen LogP contribution is -2.34. The summed E-state index contributed by atoms with van der Waals surface area (Å²) in [6, 6.07) is 10.8. The van der Waals surface area contributed by atoms with Gasteiger partial charge in [-0.05, 0) is 48.6 Å². The van der Waals surface area contributed by atoms with Crippen molar-refractivity contribution >= 4 is 23.2 Å². The number of thiophene rings is 1. The molecule has 1 aromatic heterocycles. The van der Waals surface area contributed by atoms with E-state index in [0.29, 0.717) is 11.3 Å². The van der Waals surface area contributed by atoms with Crippen LogP contribution in [0.1, 0.15) is 34.1 Å². The summed E-state index contributed by atoms with van der Waals surface area (Å²) in [6.45, 7) is 0.769. The molecule has 0 saturated carbocycles. The van der Waals surface area contributed by atoms with E-state index in [1.54, 1.807) is 35.6 Å². The zero-order valence-electron chi connectivity index (χ0n) is 13.4. The van der Waals surface area contributed by atoms with E-state index in [0.717, 1.165) is 19.4 Å². The molecular formula is C18H19NO4S. The van der Waals surface area contributed by atoms with Crippen molar-refractivity contribution in [2.24, 2.45) is 0 Å². The van der Waals surface area contributed by atoms with Crippen LogP contribution in [0.25, 0.3) is 0 Å². The van der Waals surface area contributed by atoms with E-state index in [1.165, 1.54) is 12.0 Å². The molecule has 0 spiro atoms. The molecule has 24 heavy (non-hydrogen) atoms. The van der Waals surface area contributed by atoms with Gasteiger partial charge >= 0.3 is 5.97 Å². The second-order valence-corrected chi connectivity index (χ2v) is 6.54. The van der Waals surface area contributed by atoms with Crippen LogP contribution in [0.4, 0.5) is 0 Å². The summed E-state index contributed by atoms with van der Waals surface area (Å²) in [5, 5.41) is 2.04. The van der Waals surface area contributed by atoms with Gasteiger partial charge in [0.1, 0.15) is 5.75 Å². The molecule has 1 aliphatic heterocycles. The number of ether oxygens (including phenoxy) is 2. The molecule has 2 aromatic rings. The standard InChI is InChI=1S/C18H19NO4S/c1-22-18(21)13-6-8-14(9-7-13)23-12-17(20)19-10-2-4-15(19)16-5-3-11-24-16/h3,5-9,11,15H,2,4,10,12H2,1H3. The van der Waals surface area contributed by atoms with Gasteiger partial charge in [-0.15, -0.1) is 11.3 Å². The second-order valence-electron chi connectivity index (χ2n) is 5.57. The van der Waals surface area contributed by atoms with E-state index in [-0.39, 0.29) is 18.6 Å². The number of rotatable bonds is 5. The Bertz CT molecular complexity index is 696. The van der Waals surface area contributed by atoms with E-state index >= 15 is 0 Å². The number of benzene rings is 1. The summed E-state index contributed by atoms with van der Waals surface area (Å²) in [4.78, 5) is 27.0. The topological polar surface area (TPSA) is 55.8 Å². The molecule has 6 heteroatoms. The number of methoxy groups -OCH3 is 1. The van der Waals surface area contributed by atoms with Gasteiger partial charge in [0, 0.05) is 11.4 Å². The lowest BCUT2D eigenvalue weighted by molar-refractivity contribution is -0.134. The molecular weight excluding hydrogens is 326 g/mol. The lowest BCUT2D eigenvalue weighted by atomic mass is 10.2. The van der Waals surface area contributed by atoms with Crippen LogP contribution < -0.4 is 4.74 Å². The molecule has 1 saturated heterocycles.